The molecule has 0 spiro atoms. The molecule has 1 N–H and O–H groups in total. The van der Waals surface area contributed by atoms with Crippen molar-refractivity contribution in [3.63, 3.8) is 0 Å². The highest BCUT2D eigenvalue weighted by Crippen LogP contribution is 1.82. The minimum Gasteiger partial charge on any atom is -0.396 e. The van der Waals surface area contributed by atoms with Crippen LogP contribution in [0.5, 0.6) is 0 Å². The van der Waals surface area contributed by atoms with Crippen molar-refractivity contribution in [2.45, 2.75) is 6.42 Å². The number of aliphatic hydroxyl groups is 1. The molecule has 0 aromatic heterocycles. The molecule has 1 atom stereocenters. The first-order chi connectivity index (χ1) is 2.41. The highest BCUT2D eigenvalue weighted by molar-refractivity contribution is 7.16. The van der Waals surface area contributed by atoms with Crippen LogP contribution < -0.4 is 0 Å². The summed E-state index contributed by atoms with van der Waals surface area (Å²) < 4.78 is 0. The van der Waals surface area contributed by atoms with E-state index in [0.717, 1.165) is 12.6 Å². The van der Waals surface area contributed by atoms with Gasteiger partial charge in [0.2, 0.25) is 0 Å². The van der Waals surface area contributed by atoms with Crippen molar-refractivity contribution >= 4 is 9.24 Å². The van der Waals surface area contributed by atoms with Gasteiger partial charge in [0.15, 0.2) is 0 Å². The van der Waals surface area contributed by atoms with Crippen LogP contribution in [0.3, 0.4) is 0 Å². The summed E-state index contributed by atoms with van der Waals surface area (Å²) in [7, 11) is 2.54. The number of hydrogen-bond acceptors (Lipinski definition) is 1. The molecule has 0 saturated carbocycles. The van der Waals surface area contributed by atoms with Crippen molar-refractivity contribution in [2.24, 2.45) is 0 Å². The van der Waals surface area contributed by atoms with E-state index < -0.39 is 0 Å². The Kier molecular flexibility index (Phi) is 4.73. The van der Waals surface area contributed by atoms with Crippen LogP contribution in [0.1, 0.15) is 6.42 Å². The lowest BCUT2D eigenvalue weighted by molar-refractivity contribution is 0.296. The summed E-state index contributed by atoms with van der Waals surface area (Å²) in [6, 6.07) is 0. The molecule has 0 amide bonds. The number of rotatable bonds is 2. The van der Waals surface area contributed by atoms with Gasteiger partial charge in [0.05, 0.1) is 0 Å². The molecule has 0 aliphatic heterocycles. The van der Waals surface area contributed by atoms with Gasteiger partial charge in [-0.1, -0.05) is 0 Å². The summed E-state index contributed by atoms with van der Waals surface area (Å²) in [6.07, 6.45) is 1.92. The lowest BCUT2D eigenvalue weighted by atomic mass is 10.5. The second-order valence-corrected chi connectivity index (χ2v) is 1.44. The maximum atomic E-state index is 8.05. The maximum Gasteiger partial charge on any atom is 0.0434 e. The highest BCUT2D eigenvalue weighted by Gasteiger charge is 1.69. The van der Waals surface area contributed by atoms with E-state index in [4.69, 9.17) is 5.11 Å². The molecule has 0 heterocycles. The average Bonchev–Trinajstić information content (AvgIpc) is 1.41. The van der Waals surface area contributed by atoms with Crippen LogP contribution in [0.4, 0.5) is 0 Å². The molecule has 0 fully saturated rings. The van der Waals surface area contributed by atoms with E-state index in [1.807, 2.05) is 0 Å². The molecule has 0 aromatic carbocycles. The van der Waals surface area contributed by atoms with Crippen molar-refractivity contribution in [1.82, 2.24) is 0 Å². The minimum absolute atomic E-state index is 0.323. The first-order valence-electron chi connectivity index (χ1n) is 1.72. The van der Waals surface area contributed by atoms with E-state index in [0.29, 0.717) is 6.61 Å². The molecular formula is C3H9OP. The number of aliphatic hydroxyl groups excluding tert-OH is 1. The first-order valence-corrected chi connectivity index (χ1v) is 2.54. The lowest BCUT2D eigenvalue weighted by Crippen LogP contribution is -1.78. The second-order valence-electron chi connectivity index (χ2n) is 0.866. The van der Waals surface area contributed by atoms with Crippen LogP contribution in [-0.4, -0.2) is 17.9 Å². The molecule has 1 nitrogen and oxygen atoms in total. The Morgan fingerprint density at radius 2 is 2.20 bits per heavy atom. The summed E-state index contributed by atoms with van der Waals surface area (Å²) >= 11 is 0. The average molecular weight is 92.1 g/mol. The maximum absolute atomic E-state index is 8.05. The van der Waals surface area contributed by atoms with Gasteiger partial charge in [-0.3, -0.25) is 0 Å². The predicted molar refractivity (Wildman–Crippen MR) is 26.3 cm³/mol. The van der Waals surface area contributed by atoms with Crippen molar-refractivity contribution in [2.75, 3.05) is 12.8 Å². The van der Waals surface area contributed by atoms with Gasteiger partial charge < -0.3 is 5.11 Å². The van der Waals surface area contributed by atoms with Crippen LogP contribution in [0, 0.1) is 0 Å². The van der Waals surface area contributed by atoms with Gasteiger partial charge in [-0.25, -0.2) is 0 Å². The fraction of sp³-hybridized carbons (Fsp3) is 1.00. The number of hydrogen-bond donors (Lipinski definition) is 1. The summed E-state index contributed by atoms with van der Waals surface area (Å²) in [4.78, 5) is 0. The van der Waals surface area contributed by atoms with Crippen molar-refractivity contribution in [3.05, 3.63) is 0 Å². The molecule has 0 rings (SSSR count). The monoisotopic (exact) mass is 92.0 g/mol. The van der Waals surface area contributed by atoms with Crippen LogP contribution in [0.25, 0.3) is 0 Å². The van der Waals surface area contributed by atoms with Crippen LogP contribution in [0.15, 0.2) is 0 Å². The quantitative estimate of drug-likeness (QED) is 0.484. The molecular weight excluding hydrogens is 83.0 g/mol. The molecule has 0 aliphatic carbocycles. The SMILES string of the molecule is OCCCP. The van der Waals surface area contributed by atoms with Crippen molar-refractivity contribution in [3.8, 4) is 0 Å². The third-order valence-corrected chi connectivity index (χ3v) is 0.770. The van der Waals surface area contributed by atoms with Gasteiger partial charge in [0.1, 0.15) is 0 Å². The first kappa shape index (κ1) is 5.39. The Hall–Kier alpha value is 0.390. The van der Waals surface area contributed by atoms with Crippen molar-refractivity contribution < 1.29 is 5.11 Å². The summed E-state index contributed by atoms with van der Waals surface area (Å²) in [6.45, 7) is 0.323. The molecule has 1 unspecified atom stereocenters. The third kappa shape index (κ3) is 4.39. The van der Waals surface area contributed by atoms with Gasteiger partial charge in [-0.2, -0.15) is 0 Å². The molecule has 0 aliphatic rings. The Morgan fingerprint density at radius 3 is 2.20 bits per heavy atom. The Balaban J connectivity index is 2.19. The standard InChI is InChI=1S/C3H9OP/c4-2-1-3-5/h4H,1-3,5H2. The topological polar surface area (TPSA) is 20.2 Å². The zero-order valence-electron chi connectivity index (χ0n) is 3.15. The van der Waals surface area contributed by atoms with E-state index in [1.165, 1.54) is 0 Å². The zero-order chi connectivity index (χ0) is 4.12. The smallest absolute Gasteiger partial charge is 0.0434 e. The fourth-order valence-corrected chi connectivity index (χ4v) is 0.274. The minimum atomic E-state index is 0.323. The second kappa shape index (κ2) is 4.39. The third-order valence-electron chi connectivity index (χ3n) is 0.362. The molecule has 0 aromatic rings. The van der Waals surface area contributed by atoms with E-state index in [-0.39, 0.29) is 0 Å². The van der Waals surface area contributed by atoms with Gasteiger partial charge in [0, 0.05) is 6.61 Å². The van der Waals surface area contributed by atoms with Crippen LogP contribution in [-0.2, 0) is 0 Å². The van der Waals surface area contributed by atoms with Crippen LogP contribution >= 0.6 is 9.24 Å². The molecule has 0 bridgehead atoms. The van der Waals surface area contributed by atoms with E-state index in [1.54, 1.807) is 0 Å². The normalized spacial score (nSPS) is 8.40. The molecule has 32 valence electrons. The van der Waals surface area contributed by atoms with Gasteiger partial charge in [-0.05, 0) is 12.6 Å². The molecule has 0 saturated heterocycles. The van der Waals surface area contributed by atoms with Gasteiger partial charge in [0.25, 0.3) is 0 Å². The highest BCUT2D eigenvalue weighted by atomic mass is 31.0. The summed E-state index contributed by atoms with van der Waals surface area (Å²) in [5.74, 6) is 0. The lowest BCUT2D eigenvalue weighted by Gasteiger charge is -1.79. The summed E-state index contributed by atoms with van der Waals surface area (Å²) in [5.41, 5.74) is 0. The largest absolute Gasteiger partial charge is 0.396 e. The van der Waals surface area contributed by atoms with Crippen molar-refractivity contribution in [1.29, 1.82) is 0 Å². The predicted octanol–water partition coefficient (Wildman–Crippen LogP) is 0.244. The fourth-order valence-electron chi connectivity index (χ4n) is 0.0913. The van der Waals surface area contributed by atoms with E-state index >= 15 is 0 Å². The van der Waals surface area contributed by atoms with Gasteiger partial charge >= 0.3 is 0 Å². The Labute approximate surface area is 34.6 Å². The van der Waals surface area contributed by atoms with Crippen LogP contribution in [0.2, 0.25) is 0 Å². The van der Waals surface area contributed by atoms with E-state index in [9.17, 15) is 0 Å². The van der Waals surface area contributed by atoms with E-state index in [2.05, 4.69) is 9.24 Å². The molecule has 2 heteroatoms. The molecule has 0 radical (unpaired) electrons. The van der Waals surface area contributed by atoms with Gasteiger partial charge in [-0.15, -0.1) is 9.24 Å². The summed E-state index contributed by atoms with van der Waals surface area (Å²) in [5, 5.41) is 8.05. The Bertz CT molecular complexity index is 14.4. The Morgan fingerprint density at radius 1 is 1.60 bits per heavy atom. The zero-order valence-corrected chi connectivity index (χ0v) is 4.30. The molecule has 5 heavy (non-hydrogen) atoms.